The molecule has 0 radical (unpaired) electrons. The third-order valence-electron chi connectivity index (χ3n) is 4.01. The first kappa shape index (κ1) is 12.3. The Balaban J connectivity index is 1.86. The summed E-state index contributed by atoms with van der Waals surface area (Å²) in [7, 11) is 2.04. The average molecular weight is 255 g/mol. The predicted molar refractivity (Wildman–Crippen MR) is 78.3 cm³/mol. The lowest BCUT2D eigenvalue weighted by atomic mass is 9.90. The molecule has 19 heavy (non-hydrogen) atoms. The maximum absolute atomic E-state index is 4.42. The van der Waals surface area contributed by atoms with E-state index in [4.69, 9.17) is 0 Å². The zero-order chi connectivity index (χ0) is 13.2. The summed E-state index contributed by atoms with van der Waals surface area (Å²) in [6.07, 6.45) is 8.91. The Bertz CT molecular complexity index is 571. The van der Waals surface area contributed by atoms with Crippen LogP contribution in [0, 0.1) is 0 Å². The molecule has 1 heterocycles. The molecule has 0 fully saturated rings. The lowest BCUT2D eigenvalue weighted by Crippen LogP contribution is -2.14. The fourth-order valence-corrected chi connectivity index (χ4v) is 3.01. The number of anilines is 1. The number of nitrogens with one attached hydrogen (secondary N) is 1. The molecule has 1 unspecified atom stereocenters. The van der Waals surface area contributed by atoms with E-state index in [-0.39, 0.29) is 6.04 Å². The van der Waals surface area contributed by atoms with Crippen LogP contribution in [0.15, 0.2) is 30.6 Å². The van der Waals surface area contributed by atoms with E-state index in [1.165, 1.54) is 42.5 Å². The Kier molecular flexibility index (Phi) is 3.28. The van der Waals surface area contributed by atoms with E-state index in [9.17, 15) is 0 Å². The minimum atomic E-state index is 0.230. The molecule has 1 aliphatic carbocycles. The van der Waals surface area contributed by atoms with E-state index >= 15 is 0 Å². The summed E-state index contributed by atoms with van der Waals surface area (Å²) < 4.78 is 2.08. The molecule has 1 aromatic heterocycles. The van der Waals surface area contributed by atoms with Gasteiger partial charge in [0.05, 0.1) is 6.04 Å². The van der Waals surface area contributed by atoms with Crippen molar-refractivity contribution in [1.29, 1.82) is 0 Å². The molecular weight excluding hydrogens is 234 g/mol. The number of aromatic nitrogens is 2. The van der Waals surface area contributed by atoms with Crippen LogP contribution in [-0.4, -0.2) is 9.55 Å². The van der Waals surface area contributed by atoms with Gasteiger partial charge in [-0.2, -0.15) is 0 Å². The number of hydrogen-bond donors (Lipinski definition) is 1. The van der Waals surface area contributed by atoms with Gasteiger partial charge in [-0.1, -0.05) is 12.1 Å². The van der Waals surface area contributed by atoms with Crippen molar-refractivity contribution in [3.05, 3.63) is 47.5 Å². The SMILES string of the molecule is CC(Nc1cccc2c1CCCC2)c1nccn1C. The average Bonchev–Trinajstić information content (AvgIpc) is 2.85. The number of imidazole rings is 1. The minimum Gasteiger partial charge on any atom is -0.375 e. The van der Waals surface area contributed by atoms with Crippen LogP contribution in [0.3, 0.4) is 0 Å². The topological polar surface area (TPSA) is 29.9 Å². The molecule has 0 amide bonds. The fourth-order valence-electron chi connectivity index (χ4n) is 3.01. The maximum atomic E-state index is 4.42. The first-order valence-corrected chi connectivity index (χ1v) is 7.10. The highest BCUT2D eigenvalue weighted by molar-refractivity contribution is 5.56. The minimum absolute atomic E-state index is 0.230. The van der Waals surface area contributed by atoms with Crippen molar-refractivity contribution in [2.24, 2.45) is 7.05 Å². The number of benzene rings is 1. The molecular formula is C16H21N3. The summed E-state index contributed by atoms with van der Waals surface area (Å²) in [5.41, 5.74) is 4.31. The summed E-state index contributed by atoms with van der Waals surface area (Å²) in [5.74, 6) is 1.08. The number of fused-ring (bicyclic) bond motifs is 1. The lowest BCUT2D eigenvalue weighted by Gasteiger charge is -2.22. The van der Waals surface area contributed by atoms with Crippen LogP contribution >= 0.6 is 0 Å². The molecule has 3 rings (SSSR count). The van der Waals surface area contributed by atoms with Gasteiger partial charge in [0.1, 0.15) is 5.82 Å². The highest BCUT2D eigenvalue weighted by Gasteiger charge is 2.16. The maximum Gasteiger partial charge on any atom is 0.130 e. The molecule has 2 aromatic rings. The molecule has 3 heteroatoms. The number of nitrogens with zero attached hydrogens (tertiary/aromatic N) is 2. The first-order chi connectivity index (χ1) is 9.25. The predicted octanol–water partition coefficient (Wildman–Crippen LogP) is 3.47. The second kappa shape index (κ2) is 5.08. The fraction of sp³-hybridized carbons (Fsp3) is 0.438. The molecule has 0 aliphatic heterocycles. The zero-order valence-electron chi connectivity index (χ0n) is 11.7. The van der Waals surface area contributed by atoms with E-state index < -0.39 is 0 Å². The Hall–Kier alpha value is -1.77. The van der Waals surface area contributed by atoms with Gasteiger partial charge in [-0.3, -0.25) is 0 Å². The zero-order valence-corrected chi connectivity index (χ0v) is 11.7. The van der Waals surface area contributed by atoms with Crippen LogP contribution in [-0.2, 0) is 19.9 Å². The quantitative estimate of drug-likeness (QED) is 0.910. The Morgan fingerprint density at radius 2 is 2.11 bits per heavy atom. The van der Waals surface area contributed by atoms with Gasteiger partial charge in [0.25, 0.3) is 0 Å². The number of hydrogen-bond acceptors (Lipinski definition) is 2. The highest BCUT2D eigenvalue weighted by Crippen LogP contribution is 2.29. The Morgan fingerprint density at radius 3 is 2.89 bits per heavy atom. The van der Waals surface area contributed by atoms with Crippen molar-refractivity contribution in [2.45, 2.75) is 38.6 Å². The second-order valence-corrected chi connectivity index (χ2v) is 5.41. The van der Waals surface area contributed by atoms with E-state index in [0.717, 1.165) is 5.82 Å². The molecule has 3 nitrogen and oxygen atoms in total. The summed E-state index contributed by atoms with van der Waals surface area (Å²) >= 11 is 0. The molecule has 0 saturated heterocycles. The van der Waals surface area contributed by atoms with Gasteiger partial charge in [-0.05, 0) is 49.8 Å². The van der Waals surface area contributed by atoms with Gasteiger partial charge in [-0.15, -0.1) is 0 Å². The van der Waals surface area contributed by atoms with E-state index in [0.29, 0.717) is 0 Å². The van der Waals surface area contributed by atoms with Crippen molar-refractivity contribution >= 4 is 5.69 Å². The second-order valence-electron chi connectivity index (χ2n) is 5.41. The molecule has 0 spiro atoms. The van der Waals surface area contributed by atoms with Crippen LogP contribution in [0.1, 0.15) is 42.8 Å². The van der Waals surface area contributed by atoms with Crippen molar-refractivity contribution in [1.82, 2.24) is 9.55 Å². The van der Waals surface area contributed by atoms with Gasteiger partial charge in [0.2, 0.25) is 0 Å². The normalized spacial score (nSPS) is 15.9. The van der Waals surface area contributed by atoms with E-state index in [2.05, 4.69) is 40.0 Å². The van der Waals surface area contributed by atoms with Crippen molar-refractivity contribution in [3.63, 3.8) is 0 Å². The Labute approximate surface area is 114 Å². The lowest BCUT2D eigenvalue weighted by molar-refractivity contribution is 0.680. The van der Waals surface area contributed by atoms with Crippen LogP contribution in [0.5, 0.6) is 0 Å². The monoisotopic (exact) mass is 255 g/mol. The molecule has 100 valence electrons. The molecule has 0 bridgehead atoms. The third kappa shape index (κ3) is 2.37. The van der Waals surface area contributed by atoms with Crippen molar-refractivity contribution in [2.75, 3.05) is 5.32 Å². The van der Waals surface area contributed by atoms with Crippen LogP contribution in [0.4, 0.5) is 5.69 Å². The number of rotatable bonds is 3. The first-order valence-electron chi connectivity index (χ1n) is 7.10. The van der Waals surface area contributed by atoms with Crippen LogP contribution in [0.25, 0.3) is 0 Å². The summed E-state index contributed by atoms with van der Waals surface area (Å²) in [6.45, 7) is 2.17. The van der Waals surface area contributed by atoms with Crippen molar-refractivity contribution in [3.8, 4) is 0 Å². The van der Waals surface area contributed by atoms with Gasteiger partial charge in [-0.25, -0.2) is 4.98 Å². The van der Waals surface area contributed by atoms with Gasteiger partial charge in [0, 0.05) is 25.1 Å². The van der Waals surface area contributed by atoms with E-state index in [1.54, 1.807) is 0 Å². The van der Waals surface area contributed by atoms with Crippen molar-refractivity contribution < 1.29 is 0 Å². The molecule has 1 N–H and O–H groups in total. The van der Waals surface area contributed by atoms with E-state index in [1.807, 2.05) is 19.4 Å². The smallest absolute Gasteiger partial charge is 0.130 e. The largest absolute Gasteiger partial charge is 0.375 e. The van der Waals surface area contributed by atoms with Gasteiger partial charge >= 0.3 is 0 Å². The summed E-state index contributed by atoms with van der Waals surface area (Å²) in [6, 6.07) is 6.86. The Morgan fingerprint density at radius 1 is 1.26 bits per heavy atom. The molecule has 1 aromatic carbocycles. The van der Waals surface area contributed by atoms with Crippen LogP contribution < -0.4 is 5.32 Å². The number of aryl methyl sites for hydroxylation is 2. The van der Waals surface area contributed by atoms with Gasteiger partial charge in [0.15, 0.2) is 0 Å². The van der Waals surface area contributed by atoms with Crippen LogP contribution in [0.2, 0.25) is 0 Å². The molecule has 1 aliphatic rings. The van der Waals surface area contributed by atoms with Gasteiger partial charge < -0.3 is 9.88 Å². The summed E-state index contributed by atoms with van der Waals surface area (Å²) in [4.78, 5) is 4.42. The standard InChI is InChI=1S/C16H21N3/c1-12(16-17-10-11-19(16)2)18-15-9-5-7-13-6-3-4-8-14(13)15/h5,7,9-12,18H,3-4,6,8H2,1-2H3. The molecule has 0 saturated carbocycles. The third-order valence-corrected chi connectivity index (χ3v) is 4.01. The highest BCUT2D eigenvalue weighted by atomic mass is 15.1. The summed E-state index contributed by atoms with van der Waals surface area (Å²) in [5, 5.41) is 3.63. The molecule has 1 atom stereocenters.